The standard InChI is InChI=1S/C23H21N3O2/c1-2-7-16-12-13-21-19(14-18-10-6-11-20(24-18)23(27)28)22(25-26(21)15-16)17-8-4-3-5-9-17/h3-6,8-13,15H,2,7,14H2,1H3,(H,27,28). The first-order chi connectivity index (χ1) is 13.7. The number of hydrogen-bond donors (Lipinski definition) is 1. The number of aromatic carboxylic acids is 1. The first-order valence-electron chi connectivity index (χ1n) is 9.40. The summed E-state index contributed by atoms with van der Waals surface area (Å²) in [6.45, 7) is 2.16. The molecule has 4 aromatic rings. The fourth-order valence-electron chi connectivity index (χ4n) is 3.46. The van der Waals surface area contributed by atoms with Crippen LogP contribution < -0.4 is 0 Å². The van der Waals surface area contributed by atoms with Crippen LogP contribution in [0.2, 0.25) is 0 Å². The van der Waals surface area contributed by atoms with Crippen LogP contribution in [0.4, 0.5) is 0 Å². The summed E-state index contributed by atoms with van der Waals surface area (Å²) in [5.74, 6) is -1.02. The van der Waals surface area contributed by atoms with Crippen molar-refractivity contribution in [3.8, 4) is 11.3 Å². The van der Waals surface area contributed by atoms with Gasteiger partial charge >= 0.3 is 5.97 Å². The zero-order valence-corrected chi connectivity index (χ0v) is 15.7. The van der Waals surface area contributed by atoms with Gasteiger partial charge in [0.2, 0.25) is 0 Å². The highest BCUT2D eigenvalue weighted by Crippen LogP contribution is 2.28. The molecule has 0 aliphatic carbocycles. The van der Waals surface area contributed by atoms with E-state index in [2.05, 4.69) is 30.2 Å². The summed E-state index contributed by atoms with van der Waals surface area (Å²) in [7, 11) is 0. The van der Waals surface area contributed by atoms with Crippen molar-refractivity contribution in [3.05, 3.63) is 89.4 Å². The molecule has 0 fully saturated rings. The Bertz CT molecular complexity index is 1130. The van der Waals surface area contributed by atoms with Crippen molar-refractivity contribution in [2.24, 2.45) is 0 Å². The Morgan fingerprint density at radius 2 is 1.86 bits per heavy atom. The van der Waals surface area contributed by atoms with Crippen LogP contribution in [0.25, 0.3) is 16.8 Å². The van der Waals surface area contributed by atoms with Crippen LogP contribution in [0.1, 0.15) is 40.7 Å². The Morgan fingerprint density at radius 3 is 2.61 bits per heavy atom. The van der Waals surface area contributed by atoms with E-state index in [4.69, 9.17) is 5.10 Å². The van der Waals surface area contributed by atoms with Crippen LogP contribution in [0, 0.1) is 0 Å². The Balaban J connectivity index is 1.85. The van der Waals surface area contributed by atoms with Gasteiger partial charge in [0.05, 0.1) is 11.2 Å². The maximum absolute atomic E-state index is 11.3. The highest BCUT2D eigenvalue weighted by Gasteiger charge is 2.16. The molecule has 0 spiro atoms. The molecule has 0 saturated carbocycles. The topological polar surface area (TPSA) is 67.5 Å². The normalized spacial score (nSPS) is 11.0. The second kappa shape index (κ2) is 7.64. The van der Waals surface area contributed by atoms with Gasteiger partial charge in [0.25, 0.3) is 0 Å². The SMILES string of the molecule is CCCc1ccc2c(Cc3cccc(C(=O)O)n3)c(-c3ccccc3)nn2c1. The van der Waals surface area contributed by atoms with Gasteiger partial charge in [-0.15, -0.1) is 0 Å². The van der Waals surface area contributed by atoms with Crippen LogP contribution in [-0.4, -0.2) is 25.7 Å². The molecule has 3 heterocycles. The van der Waals surface area contributed by atoms with Crippen molar-refractivity contribution >= 4 is 11.5 Å². The summed E-state index contributed by atoms with van der Waals surface area (Å²) in [4.78, 5) is 15.6. The number of carboxylic acid groups (broad SMARTS) is 1. The number of hydrogen-bond acceptors (Lipinski definition) is 3. The molecule has 5 nitrogen and oxygen atoms in total. The number of fused-ring (bicyclic) bond motifs is 1. The van der Waals surface area contributed by atoms with Crippen molar-refractivity contribution < 1.29 is 9.90 Å². The average Bonchev–Trinajstić information content (AvgIpc) is 3.07. The van der Waals surface area contributed by atoms with E-state index >= 15 is 0 Å². The molecule has 0 aliphatic heterocycles. The first kappa shape index (κ1) is 17.9. The molecule has 1 N–H and O–H groups in total. The Kier molecular flexibility index (Phi) is 4.89. The second-order valence-electron chi connectivity index (χ2n) is 6.81. The Labute approximate surface area is 163 Å². The van der Waals surface area contributed by atoms with Crippen molar-refractivity contribution in [2.75, 3.05) is 0 Å². The van der Waals surface area contributed by atoms with E-state index in [1.807, 2.05) is 40.9 Å². The predicted molar refractivity (Wildman–Crippen MR) is 109 cm³/mol. The third-order valence-electron chi connectivity index (χ3n) is 4.76. The first-order valence-corrected chi connectivity index (χ1v) is 9.40. The molecular formula is C23H21N3O2. The fourth-order valence-corrected chi connectivity index (χ4v) is 3.46. The zero-order chi connectivity index (χ0) is 19.5. The Hall–Kier alpha value is -3.47. The summed E-state index contributed by atoms with van der Waals surface area (Å²) in [6.07, 6.45) is 4.68. The Morgan fingerprint density at radius 1 is 1.04 bits per heavy atom. The van der Waals surface area contributed by atoms with E-state index in [1.54, 1.807) is 6.07 Å². The molecule has 0 saturated heterocycles. The molecule has 5 heteroatoms. The van der Waals surface area contributed by atoms with Gasteiger partial charge < -0.3 is 5.11 Å². The van der Waals surface area contributed by atoms with Gasteiger partial charge in [-0.2, -0.15) is 5.10 Å². The maximum Gasteiger partial charge on any atom is 0.354 e. The molecule has 0 bridgehead atoms. The number of carbonyl (C=O) groups is 1. The lowest BCUT2D eigenvalue weighted by Gasteiger charge is -2.05. The number of benzene rings is 1. The van der Waals surface area contributed by atoms with Crippen molar-refractivity contribution in [3.63, 3.8) is 0 Å². The van der Waals surface area contributed by atoms with E-state index in [0.717, 1.165) is 35.2 Å². The lowest BCUT2D eigenvalue weighted by atomic mass is 10.0. The van der Waals surface area contributed by atoms with Crippen LogP contribution in [0.15, 0.2) is 66.9 Å². The van der Waals surface area contributed by atoms with Crippen molar-refractivity contribution in [1.82, 2.24) is 14.6 Å². The van der Waals surface area contributed by atoms with E-state index in [0.29, 0.717) is 12.1 Å². The minimum absolute atomic E-state index is 0.0560. The second-order valence-corrected chi connectivity index (χ2v) is 6.81. The van der Waals surface area contributed by atoms with Crippen LogP contribution in [0.5, 0.6) is 0 Å². The number of rotatable bonds is 6. The van der Waals surface area contributed by atoms with Gasteiger partial charge in [-0.1, -0.05) is 55.8 Å². The molecule has 1 aromatic carbocycles. The maximum atomic E-state index is 11.3. The summed E-state index contributed by atoms with van der Waals surface area (Å²) >= 11 is 0. The molecule has 0 atom stereocenters. The van der Waals surface area contributed by atoms with Gasteiger partial charge in [0, 0.05) is 29.4 Å². The molecule has 4 rings (SSSR count). The number of pyridine rings is 2. The van der Waals surface area contributed by atoms with Crippen molar-refractivity contribution in [1.29, 1.82) is 0 Å². The molecule has 0 radical (unpaired) electrons. The van der Waals surface area contributed by atoms with Gasteiger partial charge in [-0.25, -0.2) is 14.3 Å². The van der Waals surface area contributed by atoms with Crippen LogP contribution in [0.3, 0.4) is 0 Å². The molecule has 0 unspecified atom stereocenters. The van der Waals surface area contributed by atoms with E-state index in [1.165, 1.54) is 11.6 Å². The van der Waals surface area contributed by atoms with Gasteiger partial charge in [-0.05, 0) is 30.2 Å². The third-order valence-corrected chi connectivity index (χ3v) is 4.76. The largest absolute Gasteiger partial charge is 0.477 e. The van der Waals surface area contributed by atoms with E-state index in [9.17, 15) is 9.90 Å². The van der Waals surface area contributed by atoms with Crippen LogP contribution >= 0.6 is 0 Å². The fraction of sp³-hybridized carbons (Fsp3) is 0.174. The highest BCUT2D eigenvalue weighted by molar-refractivity contribution is 5.85. The highest BCUT2D eigenvalue weighted by atomic mass is 16.4. The number of aryl methyl sites for hydroxylation is 1. The predicted octanol–water partition coefficient (Wildman–Crippen LogP) is 4.64. The molecule has 0 aliphatic rings. The molecule has 28 heavy (non-hydrogen) atoms. The molecule has 0 amide bonds. The molecular weight excluding hydrogens is 350 g/mol. The molecule has 140 valence electrons. The quantitative estimate of drug-likeness (QED) is 0.536. The lowest BCUT2D eigenvalue weighted by molar-refractivity contribution is 0.0690. The monoisotopic (exact) mass is 371 g/mol. The number of nitrogens with zero attached hydrogens (tertiary/aromatic N) is 3. The van der Waals surface area contributed by atoms with Gasteiger partial charge in [0.15, 0.2) is 0 Å². The minimum atomic E-state index is -1.02. The van der Waals surface area contributed by atoms with Crippen molar-refractivity contribution in [2.45, 2.75) is 26.2 Å². The third kappa shape index (κ3) is 3.51. The smallest absolute Gasteiger partial charge is 0.354 e. The summed E-state index contributed by atoms with van der Waals surface area (Å²) in [5, 5.41) is 14.1. The van der Waals surface area contributed by atoms with E-state index in [-0.39, 0.29) is 5.69 Å². The minimum Gasteiger partial charge on any atom is -0.477 e. The summed E-state index contributed by atoms with van der Waals surface area (Å²) < 4.78 is 1.93. The average molecular weight is 371 g/mol. The molecule has 3 aromatic heterocycles. The summed E-state index contributed by atoms with van der Waals surface area (Å²) in [5.41, 5.74) is 6.01. The lowest BCUT2D eigenvalue weighted by Crippen LogP contribution is -2.03. The number of carboxylic acids is 1. The zero-order valence-electron chi connectivity index (χ0n) is 15.7. The van der Waals surface area contributed by atoms with Gasteiger partial charge in [0.1, 0.15) is 5.69 Å². The van der Waals surface area contributed by atoms with Gasteiger partial charge in [-0.3, -0.25) is 0 Å². The van der Waals surface area contributed by atoms with Crippen LogP contribution in [-0.2, 0) is 12.8 Å². The van der Waals surface area contributed by atoms with E-state index < -0.39 is 5.97 Å². The number of aromatic nitrogens is 3. The summed E-state index contributed by atoms with van der Waals surface area (Å²) in [6, 6.07) is 19.4.